The van der Waals surface area contributed by atoms with Gasteiger partial charge >= 0.3 is 0 Å². The molecule has 1 amide bonds. The number of hydrogen-bond donors (Lipinski definition) is 3. The van der Waals surface area contributed by atoms with Crippen LogP contribution in [0, 0.1) is 6.92 Å². The molecule has 0 bridgehead atoms. The van der Waals surface area contributed by atoms with Crippen molar-refractivity contribution in [1.82, 2.24) is 16.0 Å². The molecule has 0 aliphatic heterocycles. The zero-order valence-corrected chi connectivity index (χ0v) is 20.4. The van der Waals surface area contributed by atoms with E-state index in [1.807, 2.05) is 37.3 Å². The molecule has 3 N–H and O–H groups in total. The summed E-state index contributed by atoms with van der Waals surface area (Å²) in [6.07, 6.45) is 1.62. The minimum Gasteiger partial charge on any atom is -0.496 e. The second kappa shape index (κ2) is 14.7. The van der Waals surface area contributed by atoms with E-state index in [0.717, 1.165) is 30.7 Å². The molecule has 0 saturated carbocycles. The van der Waals surface area contributed by atoms with Crippen LogP contribution in [0.4, 0.5) is 0 Å². The van der Waals surface area contributed by atoms with Gasteiger partial charge in [0.25, 0.3) is 0 Å². The molecule has 30 heavy (non-hydrogen) atoms. The van der Waals surface area contributed by atoms with Gasteiger partial charge in [0.1, 0.15) is 12.3 Å². The predicted molar refractivity (Wildman–Crippen MR) is 134 cm³/mol. The Balaban J connectivity index is 0.00000450. The van der Waals surface area contributed by atoms with Crippen LogP contribution in [0.3, 0.4) is 0 Å². The number of aryl methyl sites for hydroxylation is 1. The van der Waals surface area contributed by atoms with E-state index < -0.39 is 0 Å². The highest BCUT2D eigenvalue weighted by Crippen LogP contribution is 2.19. The summed E-state index contributed by atoms with van der Waals surface area (Å²) in [5.74, 6) is 1.44. The summed E-state index contributed by atoms with van der Waals surface area (Å²) in [6, 6.07) is 16.3. The lowest BCUT2D eigenvalue weighted by Gasteiger charge is -2.13. The van der Waals surface area contributed by atoms with Crippen molar-refractivity contribution in [2.24, 2.45) is 4.99 Å². The first-order valence-electron chi connectivity index (χ1n) is 10.1. The van der Waals surface area contributed by atoms with E-state index in [-0.39, 0.29) is 36.4 Å². The molecule has 2 aromatic rings. The number of nitrogens with zero attached hydrogens (tertiary/aromatic N) is 1. The van der Waals surface area contributed by atoms with Crippen LogP contribution >= 0.6 is 24.0 Å². The molecular formula is C23H33IN4O2. The summed E-state index contributed by atoms with van der Waals surface area (Å²) in [6.45, 7) is 6.20. The van der Waals surface area contributed by atoms with Gasteiger partial charge in [0.05, 0.1) is 7.11 Å². The lowest BCUT2D eigenvalue weighted by atomic mass is 10.1. The van der Waals surface area contributed by atoms with Crippen LogP contribution in [0.25, 0.3) is 0 Å². The quantitative estimate of drug-likeness (QED) is 0.254. The maximum Gasteiger partial charge on any atom is 0.241 e. The van der Waals surface area contributed by atoms with Gasteiger partial charge in [-0.2, -0.15) is 0 Å². The van der Waals surface area contributed by atoms with E-state index in [4.69, 9.17) is 4.74 Å². The fourth-order valence-electron chi connectivity index (χ4n) is 2.96. The van der Waals surface area contributed by atoms with Crippen LogP contribution < -0.4 is 20.7 Å². The minimum absolute atomic E-state index is 0. The van der Waals surface area contributed by atoms with Crippen LogP contribution in [-0.2, 0) is 17.6 Å². The fraction of sp³-hybridized carbons (Fsp3) is 0.391. The largest absolute Gasteiger partial charge is 0.496 e. The number of carbonyl (C=O) groups excluding carboxylic acids is 1. The van der Waals surface area contributed by atoms with E-state index in [2.05, 4.69) is 46.1 Å². The molecule has 0 aliphatic carbocycles. The van der Waals surface area contributed by atoms with E-state index >= 15 is 0 Å². The number of benzene rings is 2. The number of nitrogens with one attached hydrogen (secondary N) is 3. The second-order valence-electron chi connectivity index (χ2n) is 6.77. The minimum atomic E-state index is -0.0847. The van der Waals surface area contributed by atoms with Gasteiger partial charge < -0.3 is 20.7 Å². The molecule has 0 aromatic heterocycles. The summed E-state index contributed by atoms with van der Waals surface area (Å²) in [5, 5.41) is 9.37. The third-order valence-corrected chi connectivity index (χ3v) is 4.43. The van der Waals surface area contributed by atoms with Crippen molar-refractivity contribution in [3.8, 4) is 5.75 Å². The Labute approximate surface area is 196 Å². The zero-order valence-electron chi connectivity index (χ0n) is 18.0. The Bertz CT molecular complexity index is 797. The average molecular weight is 524 g/mol. The number of guanidine groups is 1. The number of aliphatic imine (C=N–C) groups is 1. The standard InChI is InChI=1S/C23H32N4O2.HI/c1-4-24-23(26-15-13-20-16-18(2)10-11-21(20)29-3)27-17-22(28)25-14-12-19-8-6-5-7-9-19;/h5-11,16H,4,12-15,17H2,1-3H3,(H,25,28)(H2,24,26,27);1H. The monoisotopic (exact) mass is 524 g/mol. The lowest BCUT2D eigenvalue weighted by molar-refractivity contribution is -0.119. The van der Waals surface area contributed by atoms with E-state index in [1.54, 1.807) is 7.11 Å². The van der Waals surface area contributed by atoms with E-state index in [0.29, 0.717) is 19.0 Å². The Morgan fingerprint density at radius 2 is 1.73 bits per heavy atom. The van der Waals surface area contributed by atoms with E-state index in [9.17, 15) is 4.79 Å². The van der Waals surface area contributed by atoms with Gasteiger partial charge in [-0.25, -0.2) is 4.99 Å². The first-order chi connectivity index (χ1) is 14.1. The third kappa shape index (κ3) is 9.47. The van der Waals surface area contributed by atoms with Gasteiger partial charge in [0.15, 0.2) is 5.96 Å². The zero-order chi connectivity index (χ0) is 20.9. The first-order valence-corrected chi connectivity index (χ1v) is 10.1. The molecule has 2 rings (SSSR count). The summed E-state index contributed by atoms with van der Waals surface area (Å²) in [7, 11) is 1.68. The van der Waals surface area contributed by atoms with Gasteiger partial charge in [-0.05, 0) is 43.9 Å². The molecular weight excluding hydrogens is 491 g/mol. The van der Waals surface area contributed by atoms with Gasteiger partial charge in [-0.1, -0.05) is 48.0 Å². The van der Waals surface area contributed by atoms with Gasteiger partial charge in [0, 0.05) is 19.6 Å². The molecule has 0 atom stereocenters. The summed E-state index contributed by atoms with van der Waals surface area (Å²) < 4.78 is 5.43. The van der Waals surface area contributed by atoms with E-state index in [1.165, 1.54) is 11.1 Å². The van der Waals surface area contributed by atoms with Crippen LogP contribution in [0.1, 0.15) is 23.6 Å². The predicted octanol–water partition coefficient (Wildman–Crippen LogP) is 3.08. The smallest absolute Gasteiger partial charge is 0.241 e. The van der Waals surface area contributed by atoms with Crippen molar-refractivity contribution >= 4 is 35.8 Å². The maximum atomic E-state index is 12.1. The topological polar surface area (TPSA) is 74.8 Å². The second-order valence-corrected chi connectivity index (χ2v) is 6.77. The van der Waals surface area contributed by atoms with Crippen LogP contribution in [-0.4, -0.2) is 45.2 Å². The number of halogens is 1. The highest BCUT2D eigenvalue weighted by Gasteiger charge is 2.05. The molecule has 0 heterocycles. The van der Waals surface area contributed by atoms with Gasteiger partial charge in [-0.3, -0.25) is 4.79 Å². The van der Waals surface area contributed by atoms with Crippen LogP contribution in [0.5, 0.6) is 5.75 Å². The third-order valence-electron chi connectivity index (χ3n) is 4.43. The van der Waals surface area contributed by atoms with Crippen molar-refractivity contribution in [3.05, 3.63) is 65.2 Å². The molecule has 2 aromatic carbocycles. The number of carbonyl (C=O) groups is 1. The molecule has 0 aliphatic rings. The lowest BCUT2D eigenvalue weighted by Crippen LogP contribution is -2.39. The Kier molecular flexibility index (Phi) is 12.6. The number of hydrogen-bond acceptors (Lipinski definition) is 3. The van der Waals surface area contributed by atoms with Crippen LogP contribution in [0.2, 0.25) is 0 Å². The number of methoxy groups -OCH3 is 1. The Hall–Kier alpha value is -2.29. The number of rotatable bonds is 10. The van der Waals surface area contributed by atoms with Gasteiger partial charge in [0.2, 0.25) is 5.91 Å². The Morgan fingerprint density at radius 1 is 1.00 bits per heavy atom. The maximum absolute atomic E-state index is 12.1. The average Bonchev–Trinajstić information content (AvgIpc) is 2.73. The molecule has 7 heteroatoms. The SMILES string of the molecule is CCNC(=NCC(=O)NCCc1ccccc1)NCCc1cc(C)ccc1OC.I. The molecule has 0 fully saturated rings. The van der Waals surface area contributed by atoms with Crippen molar-refractivity contribution < 1.29 is 9.53 Å². The van der Waals surface area contributed by atoms with Crippen molar-refractivity contribution in [2.75, 3.05) is 33.3 Å². The molecule has 164 valence electrons. The van der Waals surface area contributed by atoms with Crippen LogP contribution in [0.15, 0.2) is 53.5 Å². The molecule has 0 spiro atoms. The normalized spacial score (nSPS) is 10.7. The van der Waals surface area contributed by atoms with Gasteiger partial charge in [-0.15, -0.1) is 24.0 Å². The van der Waals surface area contributed by atoms with Crippen molar-refractivity contribution in [2.45, 2.75) is 26.7 Å². The molecule has 0 saturated heterocycles. The van der Waals surface area contributed by atoms with Crippen molar-refractivity contribution in [3.63, 3.8) is 0 Å². The summed E-state index contributed by atoms with van der Waals surface area (Å²) >= 11 is 0. The molecule has 6 nitrogen and oxygen atoms in total. The molecule has 0 unspecified atom stereocenters. The Morgan fingerprint density at radius 3 is 2.43 bits per heavy atom. The summed E-state index contributed by atoms with van der Waals surface area (Å²) in [5.41, 5.74) is 3.56. The fourth-order valence-corrected chi connectivity index (χ4v) is 2.96. The first kappa shape index (κ1) is 25.7. The van der Waals surface area contributed by atoms with Crippen molar-refractivity contribution in [1.29, 1.82) is 0 Å². The highest BCUT2D eigenvalue weighted by atomic mass is 127. The number of amides is 1. The molecule has 0 radical (unpaired) electrons. The summed E-state index contributed by atoms with van der Waals surface area (Å²) in [4.78, 5) is 16.4. The highest BCUT2D eigenvalue weighted by molar-refractivity contribution is 14.0. The number of ether oxygens (including phenoxy) is 1.